The van der Waals surface area contributed by atoms with E-state index in [1.165, 1.54) is 21.3 Å². The summed E-state index contributed by atoms with van der Waals surface area (Å²) >= 11 is 11.9. The molecule has 0 spiro atoms. The van der Waals surface area contributed by atoms with Crippen LogP contribution in [0, 0.1) is 0 Å². The third-order valence-electron chi connectivity index (χ3n) is 4.33. The van der Waals surface area contributed by atoms with Gasteiger partial charge in [-0.05, 0) is 41.1 Å². The SMILES string of the molecule is O=S(=O)(c1ccc2nnn(OCc3ccc(Cl)c(Cl)c3)c2c1)N1CCOCC1. The summed E-state index contributed by atoms with van der Waals surface area (Å²) in [5, 5.41) is 8.83. The van der Waals surface area contributed by atoms with E-state index in [1.807, 2.05) is 0 Å². The van der Waals surface area contributed by atoms with Crippen LogP contribution in [0.1, 0.15) is 5.56 Å². The third-order valence-corrected chi connectivity index (χ3v) is 6.97. The molecule has 148 valence electrons. The molecule has 1 fully saturated rings. The molecular formula is C17H16Cl2N4O4S. The van der Waals surface area contributed by atoms with Crippen molar-refractivity contribution in [2.45, 2.75) is 11.5 Å². The molecule has 1 aromatic heterocycles. The van der Waals surface area contributed by atoms with E-state index < -0.39 is 10.0 Å². The normalized spacial score (nSPS) is 15.8. The topological polar surface area (TPSA) is 86.5 Å². The largest absolute Gasteiger partial charge is 0.390 e. The fraction of sp³-hybridized carbons (Fsp3) is 0.294. The summed E-state index contributed by atoms with van der Waals surface area (Å²) < 4.78 is 32.4. The summed E-state index contributed by atoms with van der Waals surface area (Å²) in [5.41, 5.74) is 1.76. The van der Waals surface area contributed by atoms with Crippen molar-refractivity contribution in [3.05, 3.63) is 52.0 Å². The maximum Gasteiger partial charge on any atom is 0.243 e. The molecule has 1 aliphatic heterocycles. The van der Waals surface area contributed by atoms with Crippen LogP contribution >= 0.6 is 23.2 Å². The van der Waals surface area contributed by atoms with Gasteiger partial charge < -0.3 is 9.57 Å². The highest BCUT2D eigenvalue weighted by Crippen LogP contribution is 2.23. The van der Waals surface area contributed by atoms with Gasteiger partial charge in [-0.3, -0.25) is 0 Å². The molecular weight excluding hydrogens is 427 g/mol. The highest BCUT2D eigenvalue weighted by molar-refractivity contribution is 7.89. The van der Waals surface area contributed by atoms with Crippen LogP contribution in [0.15, 0.2) is 41.3 Å². The van der Waals surface area contributed by atoms with Crippen molar-refractivity contribution in [1.82, 2.24) is 19.5 Å². The predicted octanol–water partition coefficient (Wildman–Crippen LogP) is 2.39. The van der Waals surface area contributed by atoms with E-state index in [1.54, 1.807) is 24.3 Å². The van der Waals surface area contributed by atoms with E-state index in [9.17, 15) is 8.42 Å². The summed E-state index contributed by atoms with van der Waals surface area (Å²) in [6.07, 6.45) is 0. The summed E-state index contributed by atoms with van der Waals surface area (Å²) in [7, 11) is -3.63. The average Bonchev–Trinajstić information content (AvgIpc) is 3.12. The summed E-state index contributed by atoms with van der Waals surface area (Å²) in [5.74, 6) is 0. The third kappa shape index (κ3) is 3.81. The molecule has 2 aromatic carbocycles. The highest BCUT2D eigenvalue weighted by Gasteiger charge is 2.27. The quantitative estimate of drug-likeness (QED) is 0.602. The second-order valence-corrected chi connectivity index (χ2v) is 8.90. The Hall–Kier alpha value is -1.91. The van der Waals surface area contributed by atoms with Crippen molar-refractivity contribution >= 4 is 44.3 Å². The lowest BCUT2D eigenvalue weighted by molar-refractivity contribution is 0.0729. The van der Waals surface area contributed by atoms with Crippen molar-refractivity contribution in [3.63, 3.8) is 0 Å². The van der Waals surface area contributed by atoms with Crippen molar-refractivity contribution in [3.8, 4) is 0 Å². The molecule has 0 bridgehead atoms. The molecule has 4 rings (SSSR count). The Bertz CT molecular complexity index is 1110. The van der Waals surface area contributed by atoms with E-state index in [2.05, 4.69) is 10.3 Å². The van der Waals surface area contributed by atoms with E-state index in [0.717, 1.165) is 5.56 Å². The number of halogens is 2. The first kappa shape index (κ1) is 19.4. The number of nitrogens with zero attached hydrogens (tertiary/aromatic N) is 4. The first-order chi connectivity index (χ1) is 13.4. The zero-order valence-electron chi connectivity index (χ0n) is 14.6. The number of hydrogen-bond donors (Lipinski definition) is 0. The van der Waals surface area contributed by atoms with Gasteiger partial charge in [-0.2, -0.15) is 4.31 Å². The zero-order chi connectivity index (χ0) is 19.7. The van der Waals surface area contributed by atoms with Crippen LogP contribution in [-0.4, -0.2) is 54.2 Å². The molecule has 3 aromatic rings. The molecule has 0 atom stereocenters. The van der Waals surface area contributed by atoms with Crippen molar-refractivity contribution < 1.29 is 18.0 Å². The number of morpholine rings is 1. The number of hydrogen-bond acceptors (Lipinski definition) is 6. The lowest BCUT2D eigenvalue weighted by Gasteiger charge is -2.26. The number of benzene rings is 2. The number of ether oxygens (including phenoxy) is 1. The maximum atomic E-state index is 12.9. The minimum absolute atomic E-state index is 0.156. The first-order valence-corrected chi connectivity index (χ1v) is 10.7. The van der Waals surface area contributed by atoms with E-state index in [4.69, 9.17) is 32.8 Å². The van der Waals surface area contributed by atoms with Gasteiger partial charge in [-0.1, -0.05) is 34.1 Å². The molecule has 0 radical (unpaired) electrons. The first-order valence-electron chi connectivity index (χ1n) is 8.46. The van der Waals surface area contributed by atoms with Crippen molar-refractivity contribution in [2.24, 2.45) is 0 Å². The molecule has 1 aliphatic rings. The molecule has 0 amide bonds. The molecule has 0 N–H and O–H groups in total. The molecule has 0 aliphatic carbocycles. The summed E-state index contributed by atoms with van der Waals surface area (Å²) in [4.78, 5) is 7.03. The molecule has 11 heteroatoms. The smallest absolute Gasteiger partial charge is 0.243 e. The van der Waals surface area contributed by atoms with Crippen LogP contribution in [0.25, 0.3) is 11.0 Å². The van der Waals surface area contributed by atoms with Gasteiger partial charge in [0.2, 0.25) is 10.0 Å². The fourth-order valence-electron chi connectivity index (χ4n) is 2.83. The highest BCUT2D eigenvalue weighted by atomic mass is 35.5. The Morgan fingerprint density at radius 1 is 1.07 bits per heavy atom. The van der Waals surface area contributed by atoms with Crippen LogP contribution in [0.3, 0.4) is 0 Å². The number of rotatable bonds is 5. The van der Waals surface area contributed by atoms with Crippen LogP contribution < -0.4 is 4.84 Å². The Morgan fingerprint density at radius 2 is 1.86 bits per heavy atom. The van der Waals surface area contributed by atoms with E-state index >= 15 is 0 Å². The number of sulfonamides is 1. The number of aromatic nitrogens is 3. The van der Waals surface area contributed by atoms with Crippen LogP contribution in [-0.2, 0) is 21.4 Å². The molecule has 28 heavy (non-hydrogen) atoms. The molecule has 1 saturated heterocycles. The van der Waals surface area contributed by atoms with Crippen molar-refractivity contribution in [2.75, 3.05) is 26.3 Å². The Balaban J connectivity index is 1.60. The van der Waals surface area contributed by atoms with Gasteiger partial charge in [0.25, 0.3) is 0 Å². The standard InChI is InChI=1S/C17H16Cl2N4O4S/c18-14-3-1-12(9-15(14)19)11-27-23-17-10-13(2-4-16(17)20-21-23)28(24,25)22-5-7-26-8-6-22/h1-4,9-10H,5-8,11H2. The van der Waals surface area contributed by atoms with Gasteiger partial charge in [-0.15, -0.1) is 5.10 Å². The fourth-order valence-corrected chi connectivity index (χ4v) is 4.58. The summed E-state index contributed by atoms with van der Waals surface area (Å²) in [6, 6.07) is 9.78. The van der Waals surface area contributed by atoms with Crippen LogP contribution in [0.5, 0.6) is 0 Å². The monoisotopic (exact) mass is 442 g/mol. The Labute approximate surface area is 171 Å². The lowest BCUT2D eigenvalue weighted by Crippen LogP contribution is -2.40. The van der Waals surface area contributed by atoms with Gasteiger partial charge >= 0.3 is 0 Å². The summed E-state index contributed by atoms with van der Waals surface area (Å²) in [6.45, 7) is 1.58. The minimum Gasteiger partial charge on any atom is -0.390 e. The van der Waals surface area contributed by atoms with Gasteiger partial charge in [0.05, 0.1) is 28.2 Å². The molecule has 8 nitrogen and oxygen atoms in total. The van der Waals surface area contributed by atoms with Crippen LogP contribution in [0.4, 0.5) is 0 Å². The van der Waals surface area contributed by atoms with Gasteiger partial charge in [0.15, 0.2) is 0 Å². The average molecular weight is 443 g/mol. The van der Waals surface area contributed by atoms with Crippen LogP contribution in [0.2, 0.25) is 10.0 Å². The molecule has 0 saturated carbocycles. The van der Waals surface area contributed by atoms with Crippen molar-refractivity contribution in [1.29, 1.82) is 0 Å². The zero-order valence-corrected chi connectivity index (χ0v) is 16.9. The Morgan fingerprint density at radius 3 is 2.61 bits per heavy atom. The maximum absolute atomic E-state index is 12.9. The molecule has 0 unspecified atom stereocenters. The number of fused-ring (bicyclic) bond motifs is 1. The Kier molecular flexibility index (Phi) is 5.44. The second-order valence-electron chi connectivity index (χ2n) is 6.15. The van der Waals surface area contributed by atoms with Gasteiger partial charge in [0, 0.05) is 13.1 Å². The second kappa shape index (κ2) is 7.84. The van der Waals surface area contributed by atoms with Gasteiger partial charge in [0.1, 0.15) is 17.6 Å². The minimum atomic E-state index is -3.63. The van der Waals surface area contributed by atoms with E-state index in [-0.39, 0.29) is 11.5 Å². The van der Waals surface area contributed by atoms with E-state index in [0.29, 0.717) is 47.4 Å². The lowest BCUT2D eigenvalue weighted by atomic mass is 10.2. The van der Waals surface area contributed by atoms with Gasteiger partial charge in [-0.25, -0.2) is 8.42 Å². The predicted molar refractivity (Wildman–Crippen MR) is 104 cm³/mol. The molecule has 2 heterocycles.